The van der Waals surface area contributed by atoms with Crippen molar-refractivity contribution in [2.75, 3.05) is 18.6 Å². The predicted molar refractivity (Wildman–Crippen MR) is 71.2 cm³/mol. The highest BCUT2D eigenvalue weighted by molar-refractivity contribution is 7.80. The fourth-order valence-corrected chi connectivity index (χ4v) is 2.57. The van der Waals surface area contributed by atoms with Gasteiger partial charge in [0.1, 0.15) is 5.75 Å². The first kappa shape index (κ1) is 12.3. The van der Waals surface area contributed by atoms with Crippen LogP contribution in [-0.4, -0.2) is 19.6 Å². The highest BCUT2D eigenvalue weighted by Crippen LogP contribution is 2.35. The predicted octanol–water partition coefficient (Wildman–Crippen LogP) is 2.67. The molecule has 1 amide bonds. The number of methoxy groups -OCH3 is 1. The average molecular weight is 251 g/mol. The minimum atomic E-state index is 0.195. The van der Waals surface area contributed by atoms with E-state index in [9.17, 15) is 4.79 Å². The second-order valence-corrected chi connectivity index (χ2v) is 4.63. The Morgan fingerprint density at radius 3 is 2.82 bits per heavy atom. The van der Waals surface area contributed by atoms with Gasteiger partial charge in [-0.15, -0.1) is 12.6 Å². The second kappa shape index (κ2) is 5.00. The lowest BCUT2D eigenvalue weighted by Crippen LogP contribution is -2.29. The first-order valence-electron chi connectivity index (χ1n) is 5.87. The van der Waals surface area contributed by atoms with Crippen LogP contribution in [-0.2, 0) is 11.2 Å². The Morgan fingerprint density at radius 1 is 1.41 bits per heavy atom. The molecule has 0 aromatic heterocycles. The van der Waals surface area contributed by atoms with Crippen LogP contribution >= 0.6 is 12.6 Å². The van der Waals surface area contributed by atoms with Crippen LogP contribution in [0.2, 0.25) is 0 Å². The molecule has 0 radical (unpaired) electrons. The Labute approximate surface area is 107 Å². The molecular formula is C13H17NO2S. The van der Waals surface area contributed by atoms with Gasteiger partial charge in [-0.2, -0.15) is 0 Å². The number of carbonyl (C=O) groups excluding carboxylic acids is 1. The first-order valence-corrected chi connectivity index (χ1v) is 6.32. The van der Waals surface area contributed by atoms with Crippen molar-refractivity contribution in [3.05, 3.63) is 17.7 Å². The Kier molecular flexibility index (Phi) is 3.62. The van der Waals surface area contributed by atoms with Crippen molar-refractivity contribution in [2.45, 2.75) is 31.1 Å². The maximum Gasteiger partial charge on any atom is 0.226 e. The molecule has 0 unspecified atom stereocenters. The van der Waals surface area contributed by atoms with Crippen molar-refractivity contribution in [1.82, 2.24) is 0 Å². The van der Waals surface area contributed by atoms with E-state index in [-0.39, 0.29) is 5.91 Å². The quantitative estimate of drug-likeness (QED) is 0.819. The molecule has 0 aliphatic carbocycles. The zero-order chi connectivity index (χ0) is 12.4. The summed E-state index contributed by atoms with van der Waals surface area (Å²) in [5, 5.41) is 0. The summed E-state index contributed by atoms with van der Waals surface area (Å²) in [6.07, 6.45) is 2.45. The zero-order valence-corrected chi connectivity index (χ0v) is 11.1. The number of hydrogen-bond donors (Lipinski definition) is 1. The summed E-state index contributed by atoms with van der Waals surface area (Å²) in [7, 11) is 1.62. The molecular weight excluding hydrogens is 234 g/mol. The maximum absolute atomic E-state index is 12.0. The first-order chi connectivity index (χ1) is 8.17. The van der Waals surface area contributed by atoms with Gasteiger partial charge in [0.05, 0.1) is 12.8 Å². The lowest BCUT2D eigenvalue weighted by atomic mass is 10.1. The Bertz CT molecular complexity index is 445. The van der Waals surface area contributed by atoms with Crippen LogP contribution in [0.3, 0.4) is 0 Å². The zero-order valence-electron chi connectivity index (χ0n) is 10.2. The molecule has 2 rings (SSSR count). The minimum Gasteiger partial charge on any atom is -0.496 e. The summed E-state index contributed by atoms with van der Waals surface area (Å²) in [6.45, 7) is 2.69. The molecule has 1 aliphatic heterocycles. The molecule has 0 fully saturated rings. The van der Waals surface area contributed by atoms with Gasteiger partial charge in [0.2, 0.25) is 5.91 Å². The molecule has 17 heavy (non-hydrogen) atoms. The van der Waals surface area contributed by atoms with Crippen LogP contribution < -0.4 is 9.64 Å². The van der Waals surface area contributed by atoms with Crippen molar-refractivity contribution in [3.8, 4) is 5.75 Å². The van der Waals surface area contributed by atoms with E-state index < -0.39 is 0 Å². The van der Waals surface area contributed by atoms with Crippen LogP contribution in [0.4, 0.5) is 5.69 Å². The van der Waals surface area contributed by atoms with Gasteiger partial charge in [-0.05, 0) is 31.4 Å². The Morgan fingerprint density at radius 2 is 2.18 bits per heavy atom. The van der Waals surface area contributed by atoms with Gasteiger partial charge in [-0.3, -0.25) is 4.79 Å². The molecule has 1 aliphatic rings. The number of fused-ring (bicyclic) bond motifs is 1. The van der Waals surface area contributed by atoms with E-state index in [4.69, 9.17) is 4.74 Å². The number of carbonyl (C=O) groups is 1. The van der Waals surface area contributed by atoms with Crippen molar-refractivity contribution in [2.24, 2.45) is 0 Å². The van der Waals surface area contributed by atoms with Crippen molar-refractivity contribution >= 4 is 24.2 Å². The number of amides is 1. The van der Waals surface area contributed by atoms with Crippen molar-refractivity contribution in [1.29, 1.82) is 0 Å². The molecule has 92 valence electrons. The number of hydrogen-bond acceptors (Lipinski definition) is 3. The van der Waals surface area contributed by atoms with E-state index in [0.717, 1.165) is 29.2 Å². The summed E-state index contributed by atoms with van der Waals surface area (Å²) in [4.78, 5) is 14.6. The normalized spacial score (nSPS) is 15.5. The molecule has 1 aromatic rings. The van der Waals surface area contributed by atoms with Crippen molar-refractivity contribution < 1.29 is 9.53 Å². The minimum absolute atomic E-state index is 0.195. The Balaban J connectivity index is 2.53. The van der Waals surface area contributed by atoms with E-state index >= 15 is 0 Å². The van der Waals surface area contributed by atoms with Crippen LogP contribution in [0.5, 0.6) is 5.75 Å². The fourth-order valence-electron chi connectivity index (χ4n) is 2.26. The average Bonchev–Trinajstić information content (AvgIpc) is 2.46. The molecule has 0 saturated carbocycles. The molecule has 4 heteroatoms. The fraction of sp³-hybridized carbons (Fsp3) is 0.462. The molecule has 0 saturated heterocycles. The third-order valence-corrected chi connectivity index (χ3v) is 3.47. The largest absolute Gasteiger partial charge is 0.496 e. The van der Waals surface area contributed by atoms with E-state index in [1.165, 1.54) is 5.56 Å². The molecule has 0 N–H and O–H groups in total. The number of thiol groups is 1. The van der Waals surface area contributed by atoms with Crippen LogP contribution in [0, 0.1) is 0 Å². The van der Waals surface area contributed by atoms with E-state index in [2.05, 4.69) is 12.6 Å². The van der Waals surface area contributed by atoms with Gasteiger partial charge < -0.3 is 9.64 Å². The summed E-state index contributed by atoms with van der Waals surface area (Å²) in [6, 6.07) is 3.93. The summed E-state index contributed by atoms with van der Waals surface area (Å²) in [5.41, 5.74) is 2.16. The summed E-state index contributed by atoms with van der Waals surface area (Å²) in [5.74, 6) is 0.917. The number of anilines is 1. The highest BCUT2D eigenvalue weighted by Gasteiger charge is 2.22. The van der Waals surface area contributed by atoms with Crippen LogP contribution in [0.25, 0.3) is 0 Å². The van der Waals surface area contributed by atoms with Gasteiger partial charge in [0, 0.05) is 23.9 Å². The van der Waals surface area contributed by atoms with Crippen LogP contribution in [0.1, 0.15) is 25.3 Å². The number of rotatable bonds is 2. The van der Waals surface area contributed by atoms with Gasteiger partial charge in [0.25, 0.3) is 0 Å². The van der Waals surface area contributed by atoms with Crippen molar-refractivity contribution in [3.63, 3.8) is 0 Å². The number of ether oxygens (including phenoxy) is 1. The number of aryl methyl sites for hydroxylation is 1. The van der Waals surface area contributed by atoms with Gasteiger partial charge in [-0.1, -0.05) is 0 Å². The second-order valence-electron chi connectivity index (χ2n) is 4.14. The SMILES string of the molecule is CCN1C(=O)CCCc2cc(S)c(OC)cc21. The van der Waals surface area contributed by atoms with Gasteiger partial charge >= 0.3 is 0 Å². The molecule has 3 nitrogen and oxygen atoms in total. The molecule has 1 heterocycles. The maximum atomic E-state index is 12.0. The monoisotopic (exact) mass is 251 g/mol. The van der Waals surface area contributed by atoms with Crippen LogP contribution in [0.15, 0.2) is 17.0 Å². The number of benzene rings is 1. The summed E-state index contributed by atoms with van der Waals surface area (Å²) >= 11 is 4.40. The molecule has 0 atom stereocenters. The smallest absolute Gasteiger partial charge is 0.226 e. The van der Waals surface area contributed by atoms with E-state index in [1.807, 2.05) is 24.0 Å². The van der Waals surface area contributed by atoms with E-state index in [0.29, 0.717) is 13.0 Å². The van der Waals surface area contributed by atoms with E-state index in [1.54, 1.807) is 7.11 Å². The molecule has 0 spiro atoms. The van der Waals surface area contributed by atoms with Gasteiger partial charge in [-0.25, -0.2) is 0 Å². The number of nitrogens with zero attached hydrogens (tertiary/aromatic N) is 1. The highest BCUT2D eigenvalue weighted by atomic mass is 32.1. The molecule has 0 bridgehead atoms. The lowest BCUT2D eigenvalue weighted by Gasteiger charge is -2.22. The topological polar surface area (TPSA) is 29.5 Å². The Hall–Kier alpha value is -1.16. The summed E-state index contributed by atoms with van der Waals surface area (Å²) < 4.78 is 5.27. The van der Waals surface area contributed by atoms with Gasteiger partial charge in [0.15, 0.2) is 0 Å². The lowest BCUT2D eigenvalue weighted by molar-refractivity contribution is -0.118. The third kappa shape index (κ3) is 2.27. The standard InChI is InChI=1S/C13H17NO2S/c1-3-14-10-8-11(16-2)12(17)7-9(10)5-4-6-13(14)15/h7-8,17H,3-6H2,1-2H3. The third-order valence-electron chi connectivity index (χ3n) is 3.12. The molecule has 1 aromatic carbocycles.